The van der Waals surface area contributed by atoms with Gasteiger partial charge in [-0.25, -0.2) is 14.4 Å². The van der Waals surface area contributed by atoms with Crippen LogP contribution in [0.5, 0.6) is 0 Å². The molecule has 0 heterocycles. The lowest BCUT2D eigenvalue weighted by Gasteiger charge is -2.24. The lowest BCUT2D eigenvalue weighted by atomic mass is 9.88. The van der Waals surface area contributed by atoms with E-state index < -0.39 is 28.9 Å². The van der Waals surface area contributed by atoms with E-state index in [2.05, 4.69) is 19.7 Å². The van der Waals surface area contributed by atoms with Crippen LogP contribution in [0.15, 0.2) is 68.3 Å². The molecule has 11 nitrogen and oxygen atoms in total. The lowest BCUT2D eigenvalue weighted by Crippen LogP contribution is -2.32. The van der Waals surface area contributed by atoms with E-state index in [1.54, 1.807) is 24.3 Å². The van der Waals surface area contributed by atoms with Crippen molar-refractivity contribution in [1.29, 1.82) is 0 Å². The van der Waals surface area contributed by atoms with E-state index in [-0.39, 0.29) is 25.6 Å². The fourth-order valence-electron chi connectivity index (χ4n) is 1.43. The second kappa shape index (κ2) is 23.1. The average Bonchev–Trinajstić information content (AvgIpc) is 2.86. The van der Waals surface area contributed by atoms with Crippen molar-refractivity contribution in [3.63, 3.8) is 0 Å². The Hall–Kier alpha value is -3.64. The quantitative estimate of drug-likeness (QED) is 0.186. The van der Waals surface area contributed by atoms with Crippen LogP contribution in [-0.2, 0) is 14.4 Å². The standard InChI is InChI=1S/C10H12O2.C6H14O3.3C3H4O2/c1-10(2,12)9(11)8-6-4-3-5-7-8;1-2-6(3-7,4-8)5-9;3*1-2-3(4)5/h3-7,12H,1-2H3;7-9H,2-5H2,1H3;3*2H,1H2,(H,4,5). The predicted molar refractivity (Wildman–Crippen MR) is 135 cm³/mol. The molecular weight excluding hydrogens is 476 g/mol. The minimum absolute atomic E-state index is 0.156. The van der Waals surface area contributed by atoms with Crippen molar-refractivity contribution in [2.45, 2.75) is 32.8 Å². The van der Waals surface area contributed by atoms with Crippen LogP contribution in [0.2, 0.25) is 0 Å². The van der Waals surface area contributed by atoms with E-state index in [1.807, 2.05) is 13.0 Å². The highest BCUT2D eigenvalue weighted by Gasteiger charge is 2.25. The molecule has 1 rings (SSSR count). The molecule has 0 bridgehead atoms. The summed E-state index contributed by atoms with van der Waals surface area (Å²) in [5, 5.41) is 58.2. The molecule has 0 spiro atoms. The number of ketones is 1. The number of carboxylic acids is 3. The smallest absolute Gasteiger partial charge is 0.327 e. The van der Waals surface area contributed by atoms with E-state index in [1.165, 1.54) is 13.8 Å². The highest BCUT2D eigenvalue weighted by atomic mass is 16.4. The molecule has 0 saturated carbocycles. The Labute approximate surface area is 211 Å². The minimum Gasteiger partial charge on any atom is -0.478 e. The van der Waals surface area contributed by atoms with Crippen molar-refractivity contribution in [3.8, 4) is 0 Å². The Morgan fingerprint density at radius 3 is 1.17 bits per heavy atom. The molecule has 0 unspecified atom stereocenters. The Balaban J connectivity index is -0.000000189. The van der Waals surface area contributed by atoms with E-state index in [0.717, 1.165) is 18.2 Å². The van der Waals surface area contributed by atoms with Crippen molar-refractivity contribution < 1.29 is 54.9 Å². The molecule has 7 N–H and O–H groups in total. The largest absolute Gasteiger partial charge is 0.478 e. The summed E-state index contributed by atoms with van der Waals surface area (Å²) in [5.41, 5.74) is -1.40. The molecule has 11 heteroatoms. The van der Waals surface area contributed by atoms with Gasteiger partial charge in [-0.2, -0.15) is 0 Å². The molecule has 1 aromatic carbocycles. The van der Waals surface area contributed by atoms with Crippen LogP contribution >= 0.6 is 0 Å². The number of hydrogen-bond acceptors (Lipinski definition) is 8. The highest BCUT2D eigenvalue weighted by molar-refractivity contribution is 6.01. The number of carbonyl (C=O) groups excluding carboxylic acids is 1. The van der Waals surface area contributed by atoms with Gasteiger partial charge in [0.25, 0.3) is 0 Å². The van der Waals surface area contributed by atoms with Crippen molar-refractivity contribution in [2.75, 3.05) is 19.8 Å². The van der Waals surface area contributed by atoms with Gasteiger partial charge in [0.2, 0.25) is 0 Å². The van der Waals surface area contributed by atoms with Crippen LogP contribution in [0.1, 0.15) is 37.6 Å². The summed E-state index contributed by atoms with van der Waals surface area (Å²) in [4.78, 5) is 39.2. The monoisotopic (exact) mass is 514 g/mol. The van der Waals surface area contributed by atoms with Crippen LogP contribution in [0.4, 0.5) is 0 Å². The molecule has 0 aliphatic heterocycles. The molecule has 0 aliphatic carbocycles. The van der Waals surface area contributed by atoms with Gasteiger partial charge in [-0.15, -0.1) is 0 Å². The van der Waals surface area contributed by atoms with Gasteiger partial charge < -0.3 is 35.7 Å². The molecule has 36 heavy (non-hydrogen) atoms. The van der Waals surface area contributed by atoms with Gasteiger partial charge in [0.1, 0.15) is 5.60 Å². The Bertz CT molecular complexity index is 730. The Morgan fingerprint density at radius 2 is 1.03 bits per heavy atom. The van der Waals surface area contributed by atoms with Crippen molar-refractivity contribution in [3.05, 3.63) is 73.9 Å². The van der Waals surface area contributed by atoms with Crippen LogP contribution < -0.4 is 0 Å². The Kier molecular flexibility index (Phi) is 25.4. The molecule has 0 fully saturated rings. The number of Topliss-reactive ketones (excluding diaryl/α,β-unsaturated/α-hetero) is 1. The maximum Gasteiger partial charge on any atom is 0.327 e. The average molecular weight is 515 g/mol. The summed E-state index contributed by atoms with van der Waals surface area (Å²) in [6.45, 7) is 13.2. The third-order valence-electron chi connectivity index (χ3n) is 3.87. The molecule has 0 aromatic heterocycles. The number of aliphatic hydroxyl groups is 4. The summed E-state index contributed by atoms with van der Waals surface area (Å²) >= 11 is 0. The summed E-state index contributed by atoms with van der Waals surface area (Å²) in [6.07, 6.45) is 3.09. The number of aliphatic carboxylic acids is 3. The maximum absolute atomic E-state index is 11.4. The molecule has 1 aromatic rings. The van der Waals surface area contributed by atoms with E-state index >= 15 is 0 Å². The van der Waals surface area contributed by atoms with Gasteiger partial charge in [-0.3, -0.25) is 4.79 Å². The first-order chi connectivity index (χ1) is 16.6. The van der Waals surface area contributed by atoms with Crippen LogP contribution in [-0.4, -0.2) is 84.9 Å². The summed E-state index contributed by atoms with van der Waals surface area (Å²) < 4.78 is 0. The molecule has 0 amide bonds. The van der Waals surface area contributed by atoms with Crippen molar-refractivity contribution in [1.82, 2.24) is 0 Å². The van der Waals surface area contributed by atoms with Crippen LogP contribution in [0.25, 0.3) is 0 Å². The molecule has 0 aliphatic rings. The second-order valence-corrected chi connectivity index (χ2v) is 7.21. The molecule has 0 atom stereocenters. The zero-order valence-corrected chi connectivity index (χ0v) is 20.8. The van der Waals surface area contributed by atoms with Gasteiger partial charge in [-0.1, -0.05) is 57.0 Å². The summed E-state index contributed by atoms with van der Waals surface area (Å²) in [7, 11) is 0. The summed E-state index contributed by atoms with van der Waals surface area (Å²) in [6, 6.07) is 8.78. The van der Waals surface area contributed by atoms with Gasteiger partial charge in [0.15, 0.2) is 5.78 Å². The first kappa shape index (κ1) is 39.6. The minimum atomic E-state index is -1.28. The fourth-order valence-corrected chi connectivity index (χ4v) is 1.43. The van der Waals surface area contributed by atoms with Gasteiger partial charge in [-0.05, 0) is 20.3 Å². The SMILES string of the molecule is C=CC(=O)O.C=CC(=O)O.C=CC(=O)O.CC(C)(O)C(=O)c1ccccc1.CCC(CO)(CO)CO. The molecular formula is C25H38O11. The topological polar surface area (TPSA) is 210 Å². The van der Waals surface area contributed by atoms with Crippen LogP contribution in [0.3, 0.4) is 0 Å². The number of aliphatic hydroxyl groups excluding tert-OH is 3. The van der Waals surface area contributed by atoms with E-state index in [4.69, 9.17) is 30.6 Å². The maximum atomic E-state index is 11.4. The zero-order chi connectivity index (χ0) is 29.4. The molecule has 0 radical (unpaired) electrons. The number of carbonyl (C=O) groups is 4. The third-order valence-corrected chi connectivity index (χ3v) is 3.87. The zero-order valence-electron chi connectivity index (χ0n) is 20.8. The van der Waals surface area contributed by atoms with Crippen LogP contribution in [0, 0.1) is 5.41 Å². The molecule has 204 valence electrons. The normalized spacial score (nSPS) is 9.42. The highest BCUT2D eigenvalue weighted by Crippen LogP contribution is 2.18. The predicted octanol–water partition coefficient (Wildman–Crippen LogP) is 1.77. The first-order valence-corrected chi connectivity index (χ1v) is 10.3. The van der Waals surface area contributed by atoms with Gasteiger partial charge in [0.05, 0.1) is 19.8 Å². The number of rotatable bonds is 9. The van der Waals surface area contributed by atoms with E-state index in [9.17, 15) is 24.3 Å². The fraction of sp³-hybridized carbons (Fsp3) is 0.360. The molecule has 0 saturated heterocycles. The lowest BCUT2D eigenvalue weighted by molar-refractivity contribution is -0.132. The first-order valence-electron chi connectivity index (χ1n) is 10.3. The summed E-state index contributed by atoms with van der Waals surface area (Å²) in [5.74, 6) is -3.19. The number of carboxylic acid groups (broad SMARTS) is 3. The number of benzene rings is 1. The van der Waals surface area contributed by atoms with Crippen molar-refractivity contribution >= 4 is 23.7 Å². The van der Waals surface area contributed by atoms with Gasteiger partial charge in [0, 0.05) is 29.2 Å². The Morgan fingerprint density at radius 1 is 0.750 bits per heavy atom. The second-order valence-electron chi connectivity index (χ2n) is 7.21. The van der Waals surface area contributed by atoms with Crippen molar-refractivity contribution in [2.24, 2.45) is 5.41 Å². The number of hydrogen-bond donors (Lipinski definition) is 7. The van der Waals surface area contributed by atoms with E-state index in [0.29, 0.717) is 12.0 Å². The van der Waals surface area contributed by atoms with Gasteiger partial charge >= 0.3 is 17.9 Å². The third kappa shape index (κ3) is 25.0.